The highest BCUT2D eigenvalue weighted by molar-refractivity contribution is 5.68. The maximum absolute atomic E-state index is 11.8. The molecule has 21 heavy (non-hydrogen) atoms. The van der Waals surface area contributed by atoms with Crippen molar-refractivity contribution in [3.8, 4) is 0 Å². The van der Waals surface area contributed by atoms with Gasteiger partial charge in [-0.1, -0.05) is 5.16 Å². The minimum absolute atomic E-state index is 0.149. The first-order valence-corrected chi connectivity index (χ1v) is 7.40. The Labute approximate surface area is 124 Å². The lowest BCUT2D eigenvalue weighted by atomic mass is 9.91. The van der Waals surface area contributed by atoms with Crippen molar-refractivity contribution >= 4 is 6.09 Å². The van der Waals surface area contributed by atoms with Gasteiger partial charge in [0.1, 0.15) is 5.60 Å². The Morgan fingerprint density at radius 3 is 2.86 bits per heavy atom. The minimum Gasteiger partial charge on any atom is -0.444 e. The summed E-state index contributed by atoms with van der Waals surface area (Å²) >= 11 is 0. The van der Waals surface area contributed by atoms with Crippen LogP contribution in [0.1, 0.15) is 52.3 Å². The molecule has 1 aliphatic rings. The Kier molecular flexibility index (Phi) is 5.17. The molecule has 1 aromatic heterocycles. The van der Waals surface area contributed by atoms with Gasteiger partial charge in [0.25, 0.3) is 0 Å². The van der Waals surface area contributed by atoms with Gasteiger partial charge in [0.2, 0.25) is 6.39 Å². The number of hydrogen-bond acceptors (Lipinski definition) is 6. The van der Waals surface area contributed by atoms with Crippen molar-refractivity contribution in [3.05, 3.63) is 12.2 Å². The van der Waals surface area contributed by atoms with E-state index in [0.717, 1.165) is 25.7 Å². The van der Waals surface area contributed by atoms with Gasteiger partial charge in [0.05, 0.1) is 6.54 Å². The highest BCUT2D eigenvalue weighted by Crippen LogP contribution is 2.19. The van der Waals surface area contributed by atoms with Crippen LogP contribution in [0.3, 0.4) is 0 Å². The smallest absolute Gasteiger partial charge is 0.407 e. The molecule has 1 saturated carbocycles. The average molecular weight is 296 g/mol. The standard InChI is InChI=1S/C14H24N4O3/c1-14(2,3)21-13(19)17-11-6-4-5-10(7-11)15-8-12-16-9-20-18-12/h9-11,15H,4-8H2,1-3H3,(H,17,19). The van der Waals surface area contributed by atoms with E-state index in [0.29, 0.717) is 18.4 Å². The second kappa shape index (κ2) is 6.89. The van der Waals surface area contributed by atoms with Crippen molar-refractivity contribution < 1.29 is 14.1 Å². The minimum atomic E-state index is -0.463. The fraction of sp³-hybridized carbons (Fsp3) is 0.786. The van der Waals surface area contributed by atoms with Crippen LogP contribution in [0.25, 0.3) is 0 Å². The van der Waals surface area contributed by atoms with E-state index < -0.39 is 5.60 Å². The summed E-state index contributed by atoms with van der Waals surface area (Å²) in [5, 5.41) is 10.1. The number of nitrogens with one attached hydrogen (secondary N) is 2. The Balaban J connectivity index is 1.74. The van der Waals surface area contributed by atoms with E-state index in [9.17, 15) is 4.79 Å². The predicted molar refractivity (Wildman–Crippen MR) is 76.6 cm³/mol. The largest absolute Gasteiger partial charge is 0.444 e. The number of hydrogen-bond donors (Lipinski definition) is 2. The lowest BCUT2D eigenvalue weighted by molar-refractivity contribution is 0.0488. The average Bonchev–Trinajstić information content (AvgIpc) is 2.87. The number of carbonyl (C=O) groups is 1. The number of amides is 1. The monoisotopic (exact) mass is 296 g/mol. The van der Waals surface area contributed by atoms with Crippen molar-refractivity contribution in [1.82, 2.24) is 20.8 Å². The molecule has 1 heterocycles. The number of alkyl carbamates (subject to hydrolysis) is 1. The summed E-state index contributed by atoms with van der Waals surface area (Å²) < 4.78 is 9.99. The van der Waals surface area contributed by atoms with Gasteiger partial charge in [-0.15, -0.1) is 0 Å². The van der Waals surface area contributed by atoms with Crippen LogP contribution in [0.4, 0.5) is 4.79 Å². The van der Waals surface area contributed by atoms with E-state index in [2.05, 4.69) is 20.8 Å². The quantitative estimate of drug-likeness (QED) is 0.883. The topological polar surface area (TPSA) is 89.3 Å². The number of ether oxygens (including phenoxy) is 1. The van der Waals surface area contributed by atoms with Gasteiger partial charge in [-0.2, -0.15) is 4.98 Å². The van der Waals surface area contributed by atoms with Crippen LogP contribution >= 0.6 is 0 Å². The zero-order chi connectivity index (χ0) is 15.3. The maximum atomic E-state index is 11.8. The van der Waals surface area contributed by atoms with Gasteiger partial charge >= 0.3 is 6.09 Å². The van der Waals surface area contributed by atoms with Gasteiger partial charge in [-0.05, 0) is 46.5 Å². The Bertz CT molecular complexity index is 442. The van der Waals surface area contributed by atoms with E-state index in [4.69, 9.17) is 9.26 Å². The summed E-state index contributed by atoms with van der Waals surface area (Å²) in [6.07, 6.45) is 5.02. The van der Waals surface area contributed by atoms with Gasteiger partial charge in [0.15, 0.2) is 5.82 Å². The van der Waals surface area contributed by atoms with E-state index >= 15 is 0 Å². The molecule has 1 aliphatic carbocycles. The van der Waals surface area contributed by atoms with Crippen molar-refractivity contribution in [2.75, 3.05) is 0 Å². The molecule has 7 nitrogen and oxygen atoms in total. The predicted octanol–water partition coefficient (Wildman–Crippen LogP) is 2.00. The third kappa shape index (κ3) is 5.71. The van der Waals surface area contributed by atoms with Crippen LogP contribution in [0.15, 0.2) is 10.9 Å². The van der Waals surface area contributed by atoms with Crippen molar-refractivity contribution in [2.45, 2.75) is 70.7 Å². The first kappa shape index (κ1) is 15.8. The highest BCUT2D eigenvalue weighted by Gasteiger charge is 2.25. The van der Waals surface area contributed by atoms with Crippen LogP contribution in [-0.2, 0) is 11.3 Å². The molecule has 1 fully saturated rings. The lowest BCUT2D eigenvalue weighted by Crippen LogP contribution is -2.45. The summed E-state index contributed by atoms with van der Waals surface area (Å²) in [5.41, 5.74) is -0.463. The second-order valence-corrected chi connectivity index (χ2v) is 6.44. The lowest BCUT2D eigenvalue weighted by Gasteiger charge is -2.31. The molecule has 0 saturated heterocycles. The van der Waals surface area contributed by atoms with Crippen molar-refractivity contribution in [2.24, 2.45) is 0 Å². The Hall–Kier alpha value is -1.63. The molecule has 1 amide bonds. The first-order chi connectivity index (χ1) is 9.92. The summed E-state index contributed by atoms with van der Waals surface area (Å²) in [6, 6.07) is 0.494. The fourth-order valence-corrected chi connectivity index (χ4v) is 2.49. The molecular formula is C14H24N4O3. The van der Waals surface area contributed by atoms with E-state index in [1.54, 1.807) is 0 Å². The fourth-order valence-electron chi connectivity index (χ4n) is 2.49. The second-order valence-electron chi connectivity index (χ2n) is 6.44. The molecule has 118 valence electrons. The maximum Gasteiger partial charge on any atom is 0.407 e. The molecule has 0 spiro atoms. The molecule has 2 unspecified atom stereocenters. The zero-order valence-electron chi connectivity index (χ0n) is 12.9. The zero-order valence-corrected chi connectivity index (χ0v) is 12.9. The summed E-state index contributed by atoms with van der Waals surface area (Å²) in [4.78, 5) is 15.8. The SMILES string of the molecule is CC(C)(C)OC(=O)NC1CCCC(NCc2ncon2)C1. The van der Waals surface area contributed by atoms with E-state index in [1.807, 2.05) is 20.8 Å². The molecule has 0 radical (unpaired) electrons. The van der Waals surface area contributed by atoms with Crippen molar-refractivity contribution in [1.29, 1.82) is 0 Å². The molecule has 2 rings (SSSR count). The van der Waals surface area contributed by atoms with Crippen LogP contribution in [0.5, 0.6) is 0 Å². The van der Waals surface area contributed by atoms with Gasteiger partial charge in [0, 0.05) is 12.1 Å². The van der Waals surface area contributed by atoms with Crippen LogP contribution in [0, 0.1) is 0 Å². The molecule has 0 aromatic carbocycles. The van der Waals surface area contributed by atoms with Crippen LogP contribution in [0.2, 0.25) is 0 Å². The molecule has 0 bridgehead atoms. The van der Waals surface area contributed by atoms with Gasteiger partial charge in [-0.3, -0.25) is 0 Å². The third-order valence-electron chi connectivity index (χ3n) is 3.35. The number of rotatable bonds is 4. The first-order valence-electron chi connectivity index (χ1n) is 7.40. The van der Waals surface area contributed by atoms with Crippen LogP contribution in [-0.4, -0.2) is 33.9 Å². The Morgan fingerprint density at radius 1 is 1.43 bits per heavy atom. The molecular weight excluding hydrogens is 272 g/mol. The normalized spacial score (nSPS) is 22.8. The molecule has 7 heteroatoms. The molecule has 0 aliphatic heterocycles. The number of nitrogens with zero attached hydrogens (tertiary/aromatic N) is 2. The van der Waals surface area contributed by atoms with Crippen LogP contribution < -0.4 is 10.6 Å². The molecule has 2 N–H and O–H groups in total. The summed E-state index contributed by atoms with van der Waals surface area (Å²) in [5.74, 6) is 0.650. The Morgan fingerprint density at radius 2 is 2.19 bits per heavy atom. The third-order valence-corrected chi connectivity index (χ3v) is 3.35. The summed E-state index contributed by atoms with van der Waals surface area (Å²) in [7, 11) is 0. The molecule has 1 aromatic rings. The van der Waals surface area contributed by atoms with E-state index in [1.165, 1.54) is 6.39 Å². The highest BCUT2D eigenvalue weighted by atomic mass is 16.6. The van der Waals surface area contributed by atoms with Gasteiger partial charge < -0.3 is 19.9 Å². The summed E-state index contributed by atoms with van der Waals surface area (Å²) in [6.45, 7) is 6.18. The number of carbonyl (C=O) groups excluding carboxylic acids is 1. The number of aromatic nitrogens is 2. The van der Waals surface area contributed by atoms with Crippen molar-refractivity contribution in [3.63, 3.8) is 0 Å². The van der Waals surface area contributed by atoms with E-state index in [-0.39, 0.29) is 12.1 Å². The molecule has 2 atom stereocenters. The van der Waals surface area contributed by atoms with Gasteiger partial charge in [-0.25, -0.2) is 4.79 Å².